The van der Waals surface area contributed by atoms with Gasteiger partial charge in [-0.2, -0.15) is 0 Å². The van der Waals surface area contributed by atoms with Gasteiger partial charge in [-0.05, 0) is 36.8 Å². The molecule has 1 amide bonds. The first kappa shape index (κ1) is 18.5. The SMILES string of the molecule is Cc1nnc(N2C(=O)C(=O)/C(=C(/O)c3ccncc3)C2c2ccc(Br)cc2)s1. The summed E-state index contributed by atoms with van der Waals surface area (Å²) in [6.45, 7) is 1.77. The van der Waals surface area contributed by atoms with E-state index in [2.05, 4.69) is 31.1 Å². The molecule has 140 valence electrons. The summed E-state index contributed by atoms with van der Waals surface area (Å²) >= 11 is 4.59. The first-order valence-electron chi connectivity index (χ1n) is 8.24. The quantitative estimate of drug-likeness (QED) is 0.367. The number of benzene rings is 1. The molecular weight excluding hydrogens is 444 g/mol. The second-order valence-electron chi connectivity index (χ2n) is 6.06. The molecule has 0 aliphatic carbocycles. The van der Waals surface area contributed by atoms with Gasteiger partial charge in [0, 0.05) is 22.4 Å². The zero-order valence-corrected chi connectivity index (χ0v) is 16.9. The predicted octanol–water partition coefficient (Wildman–Crippen LogP) is 3.63. The summed E-state index contributed by atoms with van der Waals surface area (Å²) < 4.78 is 0.856. The van der Waals surface area contributed by atoms with Gasteiger partial charge < -0.3 is 5.11 Å². The number of hydrogen-bond donors (Lipinski definition) is 1. The lowest BCUT2D eigenvalue weighted by molar-refractivity contribution is -0.132. The van der Waals surface area contributed by atoms with Crippen molar-refractivity contribution >= 4 is 49.8 Å². The van der Waals surface area contributed by atoms with Crippen LogP contribution in [0, 0.1) is 6.92 Å². The number of rotatable bonds is 3. The molecule has 1 saturated heterocycles. The number of hydrogen-bond acceptors (Lipinski definition) is 7. The second kappa shape index (κ2) is 7.25. The molecular formula is C19H13BrN4O3S. The Kier molecular flexibility index (Phi) is 4.78. The van der Waals surface area contributed by atoms with Gasteiger partial charge in [0.05, 0.1) is 11.6 Å². The van der Waals surface area contributed by atoms with Gasteiger partial charge >= 0.3 is 5.91 Å². The minimum Gasteiger partial charge on any atom is -0.507 e. The van der Waals surface area contributed by atoms with Crippen molar-refractivity contribution in [1.29, 1.82) is 0 Å². The van der Waals surface area contributed by atoms with Crippen molar-refractivity contribution in [3.05, 3.63) is 75.0 Å². The van der Waals surface area contributed by atoms with E-state index in [1.165, 1.54) is 28.6 Å². The number of carbonyl (C=O) groups is 2. The van der Waals surface area contributed by atoms with E-state index < -0.39 is 17.7 Å². The Labute approximate surface area is 172 Å². The van der Waals surface area contributed by atoms with Crippen molar-refractivity contribution in [1.82, 2.24) is 15.2 Å². The maximum atomic E-state index is 12.9. The van der Waals surface area contributed by atoms with E-state index in [0.717, 1.165) is 4.47 Å². The molecule has 28 heavy (non-hydrogen) atoms. The molecule has 1 aliphatic heterocycles. The molecule has 7 nitrogen and oxygen atoms in total. The fourth-order valence-corrected chi connectivity index (χ4v) is 4.02. The first-order chi connectivity index (χ1) is 13.5. The molecule has 4 rings (SSSR count). The maximum Gasteiger partial charge on any atom is 0.301 e. The molecule has 1 fully saturated rings. The maximum absolute atomic E-state index is 12.9. The van der Waals surface area contributed by atoms with Crippen molar-refractivity contribution in [2.45, 2.75) is 13.0 Å². The molecule has 1 aliphatic rings. The Balaban J connectivity index is 1.94. The summed E-state index contributed by atoms with van der Waals surface area (Å²) in [7, 11) is 0. The predicted molar refractivity (Wildman–Crippen MR) is 108 cm³/mol. The molecule has 0 radical (unpaired) electrons. The van der Waals surface area contributed by atoms with Crippen LogP contribution in [-0.2, 0) is 9.59 Å². The van der Waals surface area contributed by atoms with Crippen LogP contribution in [0.15, 0.2) is 58.8 Å². The van der Waals surface area contributed by atoms with Gasteiger partial charge in [0.1, 0.15) is 10.8 Å². The normalized spacial score (nSPS) is 18.6. The second-order valence-corrected chi connectivity index (χ2v) is 8.14. The van der Waals surface area contributed by atoms with E-state index >= 15 is 0 Å². The van der Waals surface area contributed by atoms with Crippen LogP contribution in [0.2, 0.25) is 0 Å². The standard InChI is InChI=1S/C19H13BrN4O3S/c1-10-22-23-19(28-10)24-15(11-2-4-13(20)5-3-11)14(17(26)18(24)27)16(25)12-6-8-21-9-7-12/h2-9,15,25H,1H3/b16-14+. The molecule has 9 heteroatoms. The fourth-order valence-electron chi connectivity index (χ4n) is 3.04. The van der Waals surface area contributed by atoms with E-state index in [4.69, 9.17) is 0 Å². The van der Waals surface area contributed by atoms with Crippen LogP contribution in [0.5, 0.6) is 0 Å². The number of aryl methyl sites for hydroxylation is 1. The molecule has 0 saturated carbocycles. The topological polar surface area (TPSA) is 96.3 Å². The number of amides is 1. The van der Waals surface area contributed by atoms with E-state index in [-0.39, 0.29) is 11.3 Å². The summed E-state index contributed by atoms with van der Waals surface area (Å²) in [5, 5.41) is 19.8. The van der Waals surface area contributed by atoms with Crippen LogP contribution in [0.25, 0.3) is 5.76 Å². The highest BCUT2D eigenvalue weighted by molar-refractivity contribution is 9.10. The summed E-state index contributed by atoms with van der Waals surface area (Å²) in [5.74, 6) is -1.77. The van der Waals surface area contributed by atoms with Gasteiger partial charge in [0.2, 0.25) is 5.13 Å². The number of carbonyl (C=O) groups excluding carboxylic acids is 2. The van der Waals surface area contributed by atoms with Gasteiger partial charge in [0.25, 0.3) is 5.78 Å². The third kappa shape index (κ3) is 3.12. The molecule has 2 aromatic heterocycles. The Bertz CT molecular complexity index is 1100. The van der Waals surface area contributed by atoms with Gasteiger partial charge in [-0.15, -0.1) is 10.2 Å². The number of anilines is 1. The highest BCUT2D eigenvalue weighted by atomic mass is 79.9. The lowest BCUT2D eigenvalue weighted by atomic mass is 9.96. The molecule has 1 N–H and O–H groups in total. The molecule has 0 bridgehead atoms. The number of ketones is 1. The van der Waals surface area contributed by atoms with Gasteiger partial charge in [-0.25, -0.2) is 0 Å². The van der Waals surface area contributed by atoms with Crippen LogP contribution in [0.1, 0.15) is 22.2 Å². The smallest absolute Gasteiger partial charge is 0.301 e. The minimum atomic E-state index is -0.811. The lowest BCUT2D eigenvalue weighted by Crippen LogP contribution is -2.29. The zero-order chi connectivity index (χ0) is 19.8. The number of aliphatic hydroxyl groups is 1. The molecule has 0 spiro atoms. The van der Waals surface area contributed by atoms with Crippen molar-refractivity contribution in [3.63, 3.8) is 0 Å². The third-order valence-electron chi connectivity index (χ3n) is 4.31. The Morgan fingerprint density at radius 1 is 1.11 bits per heavy atom. The molecule has 1 aromatic carbocycles. The number of pyridine rings is 1. The van der Waals surface area contributed by atoms with Crippen molar-refractivity contribution in [3.8, 4) is 0 Å². The van der Waals surface area contributed by atoms with Gasteiger partial charge in [0.15, 0.2) is 0 Å². The van der Waals surface area contributed by atoms with Gasteiger partial charge in [-0.1, -0.05) is 39.4 Å². The Morgan fingerprint density at radius 3 is 2.39 bits per heavy atom. The molecule has 1 atom stereocenters. The summed E-state index contributed by atoms with van der Waals surface area (Å²) in [5.41, 5.74) is 1.08. The summed E-state index contributed by atoms with van der Waals surface area (Å²) in [4.78, 5) is 31.0. The number of halogens is 1. The Morgan fingerprint density at radius 2 is 1.79 bits per heavy atom. The van der Waals surface area contributed by atoms with Crippen LogP contribution in [0.4, 0.5) is 5.13 Å². The average molecular weight is 457 g/mol. The number of aliphatic hydroxyl groups excluding tert-OH is 1. The lowest BCUT2D eigenvalue weighted by Gasteiger charge is -2.22. The van der Waals surface area contributed by atoms with Crippen LogP contribution in [-0.4, -0.2) is 32.0 Å². The van der Waals surface area contributed by atoms with E-state index in [1.54, 1.807) is 31.2 Å². The number of nitrogens with zero attached hydrogens (tertiary/aromatic N) is 4. The van der Waals surface area contributed by atoms with Crippen molar-refractivity contribution in [2.75, 3.05) is 4.90 Å². The summed E-state index contributed by atoms with van der Waals surface area (Å²) in [6.07, 6.45) is 3.02. The fraction of sp³-hybridized carbons (Fsp3) is 0.105. The number of Topliss-reactive ketones (excluding diaryl/α,β-unsaturated/α-hetero) is 1. The van der Waals surface area contributed by atoms with Crippen LogP contribution >= 0.6 is 27.3 Å². The molecule has 1 unspecified atom stereocenters. The minimum absolute atomic E-state index is 0.00590. The van der Waals surface area contributed by atoms with Crippen LogP contribution in [0.3, 0.4) is 0 Å². The van der Waals surface area contributed by atoms with E-state index in [1.807, 2.05) is 12.1 Å². The Hall–Kier alpha value is -2.91. The van der Waals surface area contributed by atoms with Crippen molar-refractivity contribution < 1.29 is 14.7 Å². The van der Waals surface area contributed by atoms with Crippen molar-refractivity contribution in [2.24, 2.45) is 0 Å². The van der Waals surface area contributed by atoms with Gasteiger partial charge in [-0.3, -0.25) is 19.5 Å². The monoisotopic (exact) mass is 456 g/mol. The average Bonchev–Trinajstić information content (AvgIpc) is 3.24. The summed E-state index contributed by atoms with van der Waals surface area (Å²) in [6, 6.07) is 9.56. The number of aromatic nitrogens is 3. The largest absolute Gasteiger partial charge is 0.507 e. The molecule has 3 aromatic rings. The third-order valence-corrected chi connectivity index (χ3v) is 5.67. The molecule has 3 heterocycles. The highest BCUT2D eigenvalue weighted by Gasteiger charge is 2.48. The highest BCUT2D eigenvalue weighted by Crippen LogP contribution is 2.42. The first-order valence-corrected chi connectivity index (χ1v) is 9.85. The van der Waals surface area contributed by atoms with Crippen LogP contribution < -0.4 is 4.90 Å². The van der Waals surface area contributed by atoms with E-state index in [0.29, 0.717) is 21.3 Å². The zero-order valence-electron chi connectivity index (χ0n) is 14.5. The van der Waals surface area contributed by atoms with E-state index in [9.17, 15) is 14.7 Å².